The van der Waals surface area contributed by atoms with Crippen LogP contribution in [0.1, 0.15) is 12.5 Å². The van der Waals surface area contributed by atoms with Gasteiger partial charge in [-0.2, -0.15) is 0 Å². The third kappa shape index (κ3) is 5.50. The molecule has 2 aromatic carbocycles. The van der Waals surface area contributed by atoms with Gasteiger partial charge in [-0.3, -0.25) is 9.59 Å². The Hall–Kier alpha value is -3.48. The van der Waals surface area contributed by atoms with Gasteiger partial charge in [-0.15, -0.1) is 0 Å². The Kier molecular flexibility index (Phi) is 6.82. The van der Waals surface area contributed by atoms with Crippen LogP contribution in [0.5, 0.6) is 17.2 Å². The van der Waals surface area contributed by atoms with E-state index in [1.165, 1.54) is 34.3 Å². The summed E-state index contributed by atoms with van der Waals surface area (Å²) in [5, 5.41) is 5.41. The van der Waals surface area contributed by atoms with E-state index in [-0.39, 0.29) is 11.8 Å². The van der Waals surface area contributed by atoms with Crippen LogP contribution < -0.4 is 24.8 Å². The molecule has 0 unspecified atom stereocenters. The van der Waals surface area contributed by atoms with Crippen molar-refractivity contribution in [2.24, 2.45) is 0 Å². The summed E-state index contributed by atoms with van der Waals surface area (Å²) < 4.78 is 15.9. The molecule has 0 aromatic heterocycles. The minimum atomic E-state index is -0.316. The molecule has 2 aromatic rings. The highest BCUT2D eigenvalue weighted by atomic mass is 16.5. The van der Waals surface area contributed by atoms with Crippen LogP contribution in [-0.2, 0) is 9.59 Å². The average molecular weight is 370 g/mol. The summed E-state index contributed by atoms with van der Waals surface area (Å²) >= 11 is 0. The third-order valence-electron chi connectivity index (χ3n) is 3.56. The van der Waals surface area contributed by atoms with Crippen molar-refractivity contribution in [3.05, 3.63) is 48.0 Å². The lowest BCUT2D eigenvalue weighted by molar-refractivity contribution is -0.114. The minimum Gasteiger partial charge on any atom is -0.493 e. The van der Waals surface area contributed by atoms with Crippen LogP contribution >= 0.6 is 0 Å². The largest absolute Gasteiger partial charge is 0.493 e. The highest BCUT2D eigenvalue weighted by Gasteiger charge is 2.12. The summed E-state index contributed by atoms with van der Waals surface area (Å²) in [6, 6.07) is 10.4. The molecule has 0 bridgehead atoms. The van der Waals surface area contributed by atoms with Gasteiger partial charge in [0.05, 0.1) is 21.3 Å². The summed E-state index contributed by atoms with van der Waals surface area (Å²) in [6.45, 7) is 1.42. The van der Waals surface area contributed by atoms with Gasteiger partial charge in [0, 0.05) is 24.4 Å². The SMILES string of the molecule is COc1cc(C=CC(=O)Nc2cccc(NC(C)=O)c2)cc(OC)c1OC. The quantitative estimate of drug-likeness (QED) is 0.730. The van der Waals surface area contributed by atoms with Crippen LogP contribution in [-0.4, -0.2) is 33.1 Å². The number of hydrogen-bond donors (Lipinski definition) is 2. The van der Waals surface area contributed by atoms with Gasteiger partial charge in [0.15, 0.2) is 11.5 Å². The second-order valence-corrected chi connectivity index (χ2v) is 5.54. The van der Waals surface area contributed by atoms with Crippen LogP contribution in [0.4, 0.5) is 11.4 Å². The average Bonchev–Trinajstić information content (AvgIpc) is 2.65. The number of ether oxygens (including phenoxy) is 3. The molecule has 0 aliphatic rings. The molecule has 2 amide bonds. The molecular weight excluding hydrogens is 348 g/mol. The fourth-order valence-corrected chi connectivity index (χ4v) is 2.43. The second kappa shape index (κ2) is 9.28. The predicted molar refractivity (Wildman–Crippen MR) is 105 cm³/mol. The summed E-state index contributed by atoms with van der Waals surface area (Å²) in [5.41, 5.74) is 1.89. The monoisotopic (exact) mass is 370 g/mol. The predicted octanol–water partition coefficient (Wildman–Crippen LogP) is 3.32. The number of rotatable bonds is 7. The minimum absolute atomic E-state index is 0.180. The highest BCUT2D eigenvalue weighted by Crippen LogP contribution is 2.38. The number of anilines is 2. The van der Waals surface area contributed by atoms with Gasteiger partial charge in [0.1, 0.15) is 0 Å². The molecule has 0 heterocycles. The first-order chi connectivity index (χ1) is 13.0. The van der Waals surface area contributed by atoms with Crippen LogP contribution in [0.15, 0.2) is 42.5 Å². The molecule has 0 spiro atoms. The number of nitrogens with one attached hydrogen (secondary N) is 2. The molecular formula is C20H22N2O5. The Bertz CT molecular complexity index is 836. The van der Waals surface area contributed by atoms with Crippen molar-refractivity contribution in [2.45, 2.75) is 6.92 Å². The molecule has 0 saturated heterocycles. The van der Waals surface area contributed by atoms with Gasteiger partial charge in [-0.1, -0.05) is 6.07 Å². The lowest BCUT2D eigenvalue weighted by Gasteiger charge is -2.12. The third-order valence-corrected chi connectivity index (χ3v) is 3.56. The van der Waals surface area contributed by atoms with E-state index in [0.717, 1.165) is 0 Å². The summed E-state index contributed by atoms with van der Waals surface area (Å²) in [5.74, 6) is 0.987. The van der Waals surface area contributed by atoms with Crippen LogP contribution in [0.2, 0.25) is 0 Å². The van der Waals surface area contributed by atoms with E-state index < -0.39 is 0 Å². The van der Waals surface area contributed by atoms with Gasteiger partial charge in [-0.05, 0) is 42.0 Å². The number of carbonyl (C=O) groups is 2. The number of amides is 2. The van der Waals surface area contributed by atoms with Crippen molar-refractivity contribution in [1.29, 1.82) is 0 Å². The Morgan fingerprint density at radius 1 is 0.889 bits per heavy atom. The molecule has 142 valence electrons. The maximum absolute atomic E-state index is 12.2. The molecule has 0 radical (unpaired) electrons. The van der Waals surface area contributed by atoms with Crippen molar-refractivity contribution in [3.8, 4) is 17.2 Å². The zero-order valence-electron chi connectivity index (χ0n) is 15.7. The number of hydrogen-bond acceptors (Lipinski definition) is 5. The van der Waals surface area contributed by atoms with Gasteiger partial charge >= 0.3 is 0 Å². The Labute approximate surface area is 157 Å². The topological polar surface area (TPSA) is 85.9 Å². The fraction of sp³-hybridized carbons (Fsp3) is 0.200. The Balaban J connectivity index is 2.14. The molecule has 0 aliphatic carbocycles. The summed E-state index contributed by atoms with van der Waals surface area (Å²) in [7, 11) is 4.58. The molecule has 2 rings (SSSR count). The molecule has 0 atom stereocenters. The lowest BCUT2D eigenvalue weighted by Crippen LogP contribution is -2.09. The van der Waals surface area contributed by atoms with E-state index in [9.17, 15) is 9.59 Å². The first-order valence-corrected chi connectivity index (χ1v) is 8.13. The van der Waals surface area contributed by atoms with Gasteiger partial charge < -0.3 is 24.8 Å². The van der Waals surface area contributed by atoms with Crippen molar-refractivity contribution in [3.63, 3.8) is 0 Å². The Morgan fingerprint density at radius 3 is 2.00 bits per heavy atom. The molecule has 2 N–H and O–H groups in total. The van der Waals surface area contributed by atoms with Gasteiger partial charge in [0.25, 0.3) is 0 Å². The smallest absolute Gasteiger partial charge is 0.248 e. The van der Waals surface area contributed by atoms with Crippen molar-refractivity contribution in [2.75, 3.05) is 32.0 Å². The molecule has 0 saturated carbocycles. The maximum Gasteiger partial charge on any atom is 0.248 e. The van der Waals surface area contributed by atoms with Crippen LogP contribution in [0, 0.1) is 0 Å². The van der Waals surface area contributed by atoms with Gasteiger partial charge in [-0.25, -0.2) is 0 Å². The summed E-state index contributed by atoms with van der Waals surface area (Å²) in [4.78, 5) is 23.3. The highest BCUT2D eigenvalue weighted by molar-refractivity contribution is 6.02. The van der Waals surface area contributed by atoms with E-state index in [1.807, 2.05) is 0 Å². The van der Waals surface area contributed by atoms with E-state index in [4.69, 9.17) is 14.2 Å². The normalized spacial score (nSPS) is 10.4. The standard InChI is InChI=1S/C20H22N2O5/c1-13(23)21-15-6-5-7-16(12-15)22-19(24)9-8-14-10-17(25-2)20(27-4)18(11-14)26-3/h5-12H,1-4H3,(H,21,23)(H,22,24). The van der Waals surface area contributed by atoms with E-state index in [0.29, 0.717) is 34.2 Å². The van der Waals surface area contributed by atoms with Gasteiger partial charge in [0.2, 0.25) is 17.6 Å². The Morgan fingerprint density at radius 2 is 1.48 bits per heavy atom. The van der Waals surface area contributed by atoms with Crippen molar-refractivity contribution < 1.29 is 23.8 Å². The molecule has 0 fully saturated rings. The van der Waals surface area contributed by atoms with E-state index in [2.05, 4.69) is 10.6 Å². The molecule has 27 heavy (non-hydrogen) atoms. The van der Waals surface area contributed by atoms with E-state index in [1.54, 1.807) is 42.5 Å². The zero-order chi connectivity index (χ0) is 19.8. The maximum atomic E-state index is 12.2. The lowest BCUT2D eigenvalue weighted by atomic mass is 10.1. The van der Waals surface area contributed by atoms with Crippen LogP contribution in [0.25, 0.3) is 6.08 Å². The second-order valence-electron chi connectivity index (χ2n) is 5.54. The first-order valence-electron chi connectivity index (χ1n) is 8.13. The number of methoxy groups -OCH3 is 3. The van der Waals surface area contributed by atoms with Crippen LogP contribution in [0.3, 0.4) is 0 Å². The summed E-state index contributed by atoms with van der Waals surface area (Å²) in [6.07, 6.45) is 3.03. The number of benzene rings is 2. The van der Waals surface area contributed by atoms with Crippen molar-refractivity contribution in [1.82, 2.24) is 0 Å². The molecule has 0 aliphatic heterocycles. The van der Waals surface area contributed by atoms with Crippen molar-refractivity contribution >= 4 is 29.3 Å². The first kappa shape index (κ1) is 19.8. The fourth-order valence-electron chi connectivity index (χ4n) is 2.43. The number of carbonyl (C=O) groups excluding carboxylic acids is 2. The van der Waals surface area contributed by atoms with E-state index >= 15 is 0 Å². The molecule has 7 heteroatoms. The molecule has 7 nitrogen and oxygen atoms in total. The zero-order valence-corrected chi connectivity index (χ0v) is 15.7.